The van der Waals surface area contributed by atoms with E-state index in [4.69, 9.17) is 0 Å². The molecule has 8 nitrogen and oxygen atoms in total. The van der Waals surface area contributed by atoms with E-state index in [2.05, 4.69) is 10.4 Å². The Labute approximate surface area is 160 Å². The van der Waals surface area contributed by atoms with Crippen molar-refractivity contribution < 1.29 is 9.72 Å². The van der Waals surface area contributed by atoms with Crippen molar-refractivity contribution >= 4 is 17.3 Å². The van der Waals surface area contributed by atoms with Crippen LogP contribution < -0.4 is 10.9 Å². The highest BCUT2D eigenvalue weighted by Gasteiger charge is 2.33. The number of para-hydroxylation sites is 2. The Hall–Kier alpha value is -3.81. The zero-order valence-electron chi connectivity index (χ0n) is 15.3. The number of carbonyl (C=O) groups is 1. The Balaban J connectivity index is 1.98. The number of hydrogen-bond donors (Lipinski definition) is 1. The van der Waals surface area contributed by atoms with Crippen molar-refractivity contribution in [2.45, 2.75) is 19.4 Å². The molecule has 3 rings (SSSR count). The average Bonchev–Trinajstić information content (AvgIpc) is 2.69. The molecule has 0 atom stereocenters. The molecule has 0 fully saturated rings. The molecular weight excluding hydrogens is 360 g/mol. The lowest BCUT2D eigenvalue weighted by molar-refractivity contribution is -0.383. The number of aromatic nitrogens is 2. The molecule has 1 amide bonds. The fourth-order valence-electron chi connectivity index (χ4n) is 2.68. The quantitative estimate of drug-likeness (QED) is 0.542. The van der Waals surface area contributed by atoms with Gasteiger partial charge < -0.3 is 5.32 Å². The third-order valence-corrected chi connectivity index (χ3v) is 4.30. The van der Waals surface area contributed by atoms with Crippen LogP contribution in [0.2, 0.25) is 0 Å². The minimum Gasteiger partial charge on any atom is -0.318 e. The normalized spacial score (nSPS) is 11.1. The smallest absolute Gasteiger partial charge is 0.292 e. The van der Waals surface area contributed by atoms with Crippen molar-refractivity contribution in [3.8, 4) is 11.3 Å². The van der Waals surface area contributed by atoms with Crippen molar-refractivity contribution in [2.24, 2.45) is 0 Å². The van der Waals surface area contributed by atoms with Gasteiger partial charge in [-0.2, -0.15) is 5.10 Å². The van der Waals surface area contributed by atoms with Crippen LogP contribution in [-0.2, 0) is 10.3 Å². The van der Waals surface area contributed by atoms with E-state index < -0.39 is 21.9 Å². The SMILES string of the molecule is CC(C)(C(=O)Nc1ccccc1[N+](=O)[O-])n1nc(-c2ccccc2)ccc1=O. The van der Waals surface area contributed by atoms with Gasteiger partial charge in [-0.05, 0) is 26.0 Å². The molecule has 2 aromatic carbocycles. The zero-order chi connectivity index (χ0) is 20.3. The topological polar surface area (TPSA) is 107 Å². The highest BCUT2D eigenvalue weighted by Crippen LogP contribution is 2.25. The second kappa shape index (κ2) is 7.43. The predicted molar refractivity (Wildman–Crippen MR) is 105 cm³/mol. The number of anilines is 1. The van der Waals surface area contributed by atoms with Crippen molar-refractivity contribution in [1.29, 1.82) is 0 Å². The van der Waals surface area contributed by atoms with Crippen LogP contribution in [-0.4, -0.2) is 20.6 Å². The molecule has 0 spiro atoms. The lowest BCUT2D eigenvalue weighted by atomic mass is 10.0. The largest absolute Gasteiger partial charge is 0.318 e. The van der Waals surface area contributed by atoms with Crippen LogP contribution in [0.1, 0.15) is 13.8 Å². The molecule has 0 bridgehead atoms. The molecule has 8 heteroatoms. The minimum atomic E-state index is -1.38. The van der Waals surface area contributed by atoms with Crippen LogP contribution in [0.25, 0.3) is 11.3 Å². The van der Waals surface area contributed by atoms with Gasteiger partial charge in [-0.15, -0.1) is 0 Å². The van der Waals surface area contributed by atoms with E-state index in [1.165, 1.54) is 38.1 Å². The zero-order valence-corrected chi connectivity index (χ0v) is 15.3. The fraction of sp³-hybridized carbons (Fsp3) is 0.150. The summed E-state index contributed by atoms with van der Waals surface area (Å²) in [7, 11) is 0. The summed E-state index contributed by atoms with van der Waals surface area (Å²) in [4.78, 5) is 35.9. The van der Waals surface area contributed by atoms with Gasteiger partial charge in [-0.1, -0.05) is 42.5 Å². The summed E-state index contributed by atoms with van der Waals surface area (Å²) in [5.74, 6) is -0.596. The molecule has 0 aliphatic heterocycles. The highest BCUT2D eigenvalue weighted by atomic mass is 16.6. The van der Waals surface area contributed by atoms with E-state index in [-0.39, 0.29) is 11.4 Å². The molecule has 0 saturated heterocycles. The van der Waals surface area contributed by atoms with Crippen LogP contribution >= 0.6 is 0 Å². The van der Waals surface area contributed by atoms with Gasteiger partial charge in [-0.3, -0.25) is 19.7 Å². The number of nitrogens with one attached hydrogen (secondary N) is 1. The first kappa shape index (κ1) is 19.0. The molecule has 0 aliphatic rings. The maximum atomic E-state index is 12.9. The Morgan fingerprint density at radius 3 is 2.36 bits per heavy atom. The summed E-state index contributed by atoms with van der Waals surface area (Å²) >= 11 is 0. The van der Waals surface area contributed by atoms with Gasteiger partial charge in [0.2, 0.25) is 0 Å². The van der Waals surface area contributed by atoms with Gasteiger partial charge in [0, 0.05) is 17.7 Å². The maximum Gasteiger partial charge on any atom is 0.292 e. The minimum absolute atomic E-state index is 0.0536. The number of rotatable bonds is 5. The molecule has 0 saturated carbocycles. The number of benzene rings is 2. The number of carbonyl (C=O) groups excluding carboxylic acids is 1. The first-order valence-corrected chi connectivity index (χ1v) is 8.52. The van der Waals surface area contributed by atoms with E-state index in [0.29, 0.717) is 5.69 Å². The Morgan fingerprint density at radius 1 is 1.04 bits per heavy atom. The Morgan fingerprint density at radius 2 is 1.68 bits per heavy atom. The Bertz CT molecular complexity index is 1090. The molecular formula is C20H18N4O4. The molecule has 0 unspecified atom stereocenters. The number of nitro benzene ring substituents is 1. The summed E-state index contributed by atoms with van der Waals surface area (Å²) in [6, 6.07) is 18.0. The highest BCUT2D eigenvalue weighted by molar-refractivity contribution is 5.97. The third-order valence-electron chi connectivity index (χ3n) is 4.30. The van der Waals surface area contributed by atoms with Gasteiger partial charge in [-0.25, -0.2) is 4.68 Å². The first-order valence-electron chi connectivity index (χ1n) is 8.52. The molecule has 142 valence electrons. The number of amides is 1. The van der Waals surface area contributed by atoms with Crippen molar-refractivity contribution in [3.63, 3.8) is 0 Å². The number of nitro groups is 1. The average molecular weight is 378 g/mol. The van der Waals surface area contributed by atoms with E-state index >= 15 is 0 Å². The summed E-state index contributed by atoms with van der Waals surface area (Å²) in [5, 5.41) is 18.0. The van der Waals surface area contributed by atoms with Gasteiger partial charge in [0.05, 0.1) is 10.6 Å². The van der Waals surface area contributed by atoms with Crippen LogP contribution in [0.15, 0.2) is 71.5 Å². The molecule has 1 heterocycles. The van der Waals surface area contributed by atoms with Gasteiger partial charge >= 0.3 is 0 Å². The second-order valence-corrected chi connectivity index (χ2v) is 6.62. The Kier molecular flexibility index (Phi) is 5.04. The summed E-state index contributed by atoms with van der Waals surface area (Å²) in [6.45, 7) is 3.06. The molecule has 1 aromatic heterocycles. The van der Waals surface area contributed by atoms with Gasteiger partial charge in [0.1, 0.15) is 11.2 Å². The van der Waals surface area contributed by atoms with Crippen LogP contribution in [0.3, 0.4) is 0 Å². The second-order valence-electron chi connectivity index (χ2n) is 6.62. The molecule has 0 radical (unpaired) electrons. The van der Waals surface area contributed by atoms with E-state index in [0.717, 1.165) is 10.2 Å². The van der Waals surface area contributed by atoms with Crippen molar-refractivity contribution in [3.05, 3.63) is 87.2 Å². The van der Waals surface area contributed by atoms with Crippen molar-refractivity contribution in [2.75, 3.05) is 5.32 Å². The maximum absolute atomic E-state index is 12.9. The van der Waals surface area contributed by atoms with E-state index in [1.807, 2.05) is 30.3 Å². The molecule has 0 aliphatic carbocycles. The van der Waals surface area contributed by atoms with Crippen LogP contribution in [0, 0.1) is 10.1 Å². The van der Waals surface area contributed by atoms with E-state index in [9.17, 15) is 19.7 Å². The number of hydrogen-bond acceptors (Lipinski definition) is 5. The summed E-state index contributed by atoms with van der Waals surface area (Å²) in [5.41, 5.74) is -0.686. The predicted octanol–water partition coefficient (Wildman–Crippen LogP) is 3.19. The molecule has 3 aromatic rings. The summed E-state index contributed by atoms with van der Waals surface area (Å²) in [6.07, 6.45) is 0. The third kappa shape index (κ3) is 3.66. The van der Waals surface area contributed by atoms with Crippen LogP contribution in [0.5, 0.6) is 0 Å². The van der Waals surface area contributed by atoms with Gasteiger partial charge in [0.25, 0.3) is 17.2 Å². The molecule has 28 heavy (non-hydrogen) atoms. The standard InChI is InChI=1S/C20H18N4O4/c1-20(2,19(26)21-16-10-6-7-11-17(16)24(27)28)23-18(25)13-12-15(22-23)14-8-4-3-5-9-14/h3-13H,1-2H3,(H,21,26). The monoisotopic (exact) mass is 378 g/mol. The van der Waals surface area contributed by atoms with Crippen LogP contribution in [0.4, 0.5) is 11.4 Å². The number of nitrogens with zero attached hydrogens (tertiary/aromatic N) is 3. The first-order chi connectivity index (χ1) is 13.3. The van der Waals surface area contributed by atoms with Gasteiger partial charge in [0.15, 0.2) is 0 Å². The fourth-order valence-corrected chi connectivity index (χ4v) is 2.68. The van der Waals surface area contributed by atoms with E-state index in [1.54, 1.807) is 12.1 Å². The molecule has 1 N–H and O–H groups in total. The lowest BCUT2D eigenvalue weighted by Crippen LogP contribution is -2.47. The lowest BCUT2D eigenvalue weighted by Gasteiger charge is -2.25. The summed E-state index contributed by atoms with van der Waals surface area (Å²) < 4.78 is 1.08. The van der Waals surface area contributed by atoms with Crippen molar-refractivity contribution in [1.82, 2.24) is 9.78 Å².